The number of aliphatic hydroxyl groups is 1. The maximum atomic E-state index is 10.6. The molecule has 0 aliphatic carbocycles. The molecule has 0 spiro atoms. The van der Waals surface area contributed by atoms with Crippen LogP contribution < -0.4 is 4.74 Å². The number of hydrogen-bond acceptors (Lipinski definition) is 4. The highest BCUT2D eigenvalue weighted by Crippen LogP contribution is 2.32. The first-order valence-corrected chi connectivity index (χ1v) is 7.23. The summed E-state index contributed by atoms with van der Waals surface area (Å²) in [5.41, 5.74) is 3.60. The van der Waals surface area contributed by atoms with Crippen LogP contribution in [0.25, 0.3) is 10.2 Å². The first-order valence-electron chi connectivity index (χ1n) is 6.35. The Labute approximate surface area is 121 Å². The average molecular weight is 285 g/mol. The fourth-order valence-corrected chi connectivity index (χ4v) is 3.05. The molecular weight excluding hydrogens is 270 g/mol. The molecule has 0 aliphatic heterocycles. The Morgan fingerprint density at radius 1 is 1.25 bits per heavy atom. The molecule has 0 radical (unpaired) electrons. The largest absolute Gasteiger partial charge is 0.496 e. The molecule has 4 heteroatoms. The average Bonchev–Trinajstić information content (AvgIpc) is 2.93. The lowest BCUT2D eigenvalue weighted by molar-refractivity contribution is 0.214. The second-order valence-corrected chi connectivity index (χ2v) is 5.67. The summed E-state index contributed by atoms with van der Waals surface area (Å²) in [6.07, 6.45) is 0.991. The molecular formula is C16H15NO2S. The van der Waals surface area contributed by atoms with E-state index in [1.807, 2.05) is 42.6 Å². The summed E-state index contributed by atoms with van der Waals surface area (Å²) in [6.45, 7) is 2.00. The van der Waals surface area contributed by atoms with Gasteiger partial charge in [0.05, 0.1) is 17.3 Å². The third kappa shape index (κ3) is 2.28. The van der Waals surface area contributed by atoms with Crippen LogP contribution >= 0.6 is 11.3 Å². The van der Waals surface area contributed by atoms with Gasteiger partial charge in [0.2, 0.25) is 0 Å². The molecule has 20 heavy (non-hydrogen) atoms. The van der Waals surface area contributed by atoms with E-state index in [2.05, 4.69) is 4.98 Å². The molecule has 3 aromatic rings. The minimum absolute atomic E-state index is 0.689. The predicted molar refractivity (Wildman–Crippen MR) is 81.4 cm³/mol. The highest BCUT2D eigenvalue weighted by atomic mass is 32.1. The van der Waals surface area contributed by atoms with Gasteiger partial charge in [-0.1, -0.05) is 11.6 Å². The number of fused-ring (bicyclic) bond motifs is 1. The van der Waals surface area contributed by atoms with Crippen molar-refractivity contribution < 1.29 is 9.84 Å². The van der Waals surface area contributed by atoms with Crippen molar-refractivity contribution in [2.45, 2.75) is 13.0 Å². The third-order valence-electron chi connectivity index (χ3n) is 3.32. The molecule has 0 bridgehead atoms. The zero-order valence-corrected chi connectivity index (χ0v) is 12.1. The first kappa shape index (κ1) is 13.1. The smallest absolute Gasteiger partial charge is 0.125 e. The number of aryl methyl sites for hydroxylation is 1. The maximum Gasteiger partial charge on any atom is 0.125 e. The molecule has 1 unspecified atom stereocenters. The van der Waals surface area contributed by atoms with E-state index in [4.69, 9.17) is 4.74 Å². The van der Waals surface area contributed by atoms with Crippen LogP contribution in [0.2, 0.25) is 0 Å². The van der Waals surface area contributed by atoms with Crippen LogP contribution in [0.1, 0.15) is 22.8 Å². The molecule has 1 atom stereocenters. The number of thiophene rings is 1. The van der Waals surface area contributed by atoms with E-state index in [-0.39, 0.29) is 0 Å². The summed E-state index contributed by atoms with van der Waals surface area (Å²) in [5, 5.41) is 12.6. The SMILES string of the molecule is COc1ccc(C)cc1C(O)c1cnc2ccsc2c1. The van der Waals surface area contributed by atoms with Crippen LogP contribution in [0, 0.1) is 6.92 Å². The Bertz CT molecular complexity index is 751. The number of ether oxygens (including phenoxy) is 1. The van der Waals surface area contributed by atoms with Gasteiger partial charge in [-0.05, 0) is 36.6 Å². The van der Waals surface area contributed by atoms with Crippen molar-refractivity contribution in [3.05, 3.63) is 58.6 Å². The molecule has 0 aliphatic rings. The van der Waals surface area contributed by atoms with Gasteiger partial charge in [0.25, 0.3) is 0 Å². The van der Waals surface area contributed by atoms with Crippen molar-refractivity contribution >= 4 is 21.6 Å². The first-order chi connectivity index (χ1) is 9.69. The van der Waals surface area contributed by atoms with E-state index in [1.165, 1.54) is 0 Å². The van der Waals surface area contributed by atoms with Crippen LogP contribution in [-0.2, 0) is 0 Å². The highest BCUT2D eigenvalue weighted by Gasteiger charge is 2.16. The lowest BCUT2D eigenvalue weighted by Crippen LogP contribution is -2.03. The predicted octanol–water partition coefficient (Wildman–Crippen LogP) is 3.70. The van der Waals surface area contributed by atoms with Crippen LogP contribution in [0.15, 0.2) is 41.9 Å². The third-order valence-corrected chi connectivity index (χ3v) is 4.17. The highest BCUT2D eigenvalue weighted by molar-refractivity contribution is 7.17. The summed E-state index contributed by atoms with van der Waals surface area (Å²) in [4.78, 5) is 4.38. The minimum Gasteiger partial charge on any atom is -0.496 e. The van der Waals surface area contributed by atoms with E-state index in [1.54, 1.807) is 24.6 Å². The lowest BCUT2D eigenvalue weighted by atomic mass is 10.00. The molecule has 102 valence electrons. The number of pyridine rings is 1. The molecule has 0 amide bonds. The normalized spacial score (nSPS) is 12.6. The van der Waals surface area contributed by atoms with Crippen molar-refractivity contribution in [1.82, 2.24) is 4.98 Å². The van der Waals surface area contributed by atoms with Gasteiger partial charge in [-0.2, -0.15) is 0 Å². The molecule has 3 nitrogen and oxygen atoms in total. The number of rotatable bonds is 3. The molecule has 3 rings (SSSR count). The fraction of sp³-hybridized carbons (Fsp3) is 0.188. The number of hydrogen-bond donors (Lipinski definition) is 1. The minimum atomic E-state index is -0.733. The summed E-state index contributed by atoms with van der Waals surface area (Å²) in [7, 11) is 1.61. The Morgan fingerprint density at radius 3 is 2.90 bits per heavy atom. The van der Waals surface area contributed by atoms with Crippen molar-refractivity contribution in [2.24, 2.45) is 0 Å². The van der Waals surface area contributed by atoms with Crippen LogP contribution in [0.5, 0.6) is 5.75 Å². The molecule has 0 saturated heterocycles. The summed E-state index contributed by atoms with van der Waals surface area (Å²) >= 11 is 1.62. The van der Waals surface area contributed by atoms with Gasteiger partial charge in [-0.3, -0.25) is 4.98 Å². The Morgan fingerprint density at radius 2 is 2.10 bits per heavy atom. The van der Waals surface area contributed by atoms with Gasteiger partial charge in [0.15, 0.2) is 0 Å². The number of benzene rings is 1. The monoisotopic (exact) mass is 285 g/mol. The lowest BCUT2D eigenvalue weighted by Gasteiger charge is -2.15. The van der Waals surface area contributed by atoms with E-state index in [9.17, 15) is 5.11 Å². The number of nitrogens with zero attached hydrogens (tertiary/aromatic N) is 1. The quantitative estimate of drug-likeness (QED) is 0.798. The number of aliphatic hydroxyl groups excluding tert-OH is 1. The molecule has 0 saturated carbocycles. The number of methoxy groups -OCH3 is 1. The van der Waals surface area contributed by atoms with Crippen molar-refractivity contribution in [1.29, 1.82) is 0 Å². The van der Waals surface area contributed by atoms with Gasteiger partial charge in [0.1, 0.15) is 11.9 Å². The van der Waals surface area contributed by atoms with Crippen LogP contribution in [0.3, 0.4) is 0 Å². The second-order valence-electron chi connectivity index (χ2n) is 4.72. The van der Waals surface area contributed by atoms with E-state index in [0.29, 0.717) is 5.75 Å². The maximum absolute atomic E-state index is 10.6. The second kappa shape index (κ2) is 5.23. The molecule has 1 aromatic carbocycles. The summed E-state index contributed by atoms with van der Waals surface area (Å²) in [5.74, 6) is 0.689. The van der Waals surface area contributed by atoms with Gasteiger partial charge in [0, 0.05) is 17.3 Å². The van der Waals surface area contributed by atoms with Crippen LogP contribution in [-0.4, -0.2) is 17.2 Å². The Balaban J connectivity index is 2.06. The van der Waals surface area contributed by atoms with E-state index >= 15 is 0 Å². The van der Waals surface area contributed by atoms with Crippen LogP contribution in [0.4, 0.5) is 0 Å². The summed E-state index contributed by atoms with van der Waals surface area (Å²) in [6, 6.07) is 9.76. The summed E-state index contributed by atoms with van der Waals surface area (Å²) < 4.78 is 6.41. The van der Waals surface area contributed by atoms with Crippen molar-refractivity contribution in [3.63, 3.8) is 0 Å². The topological polar surface area (TPSA) is 42.4 Å². The van der Waals surface area contributed by atoms with Gasteiger partial charge in [-0.15, -0.1) is 11.3 Å². The molecule has 0 fully saturated rings. The Hall–Kier alpha value is -1.91. The zero-order chi connectivity index (χ0) is 14.1. The Kier molecular flexibility index (Phi) is 3.42. The van der Waals surface area contributed by atoms with E-state index in [0.717, 1.165) is 26.9 Å². The zero-order valence-electron chi connectivity index (χ0n) is 11.3. The molecule has 2 heterocycles. The van der Waals surface area contributed by atoms with Crippen molar-refractivity contribution in [2.75, 3.05) is 7.11 Å². The van der Waals surface area contributed by atoms with E-state index < -0.39 is 6.10 Å². The fourth-order valence-electron chi connectivity index (χ4n) is 2.26. The van der Waals surface area contributed by atoms with Gasteiger partial charge < -0.3 is 9.84 Å². The number of aromatic nitrogens is 1. The molecule has 2 aromatic heterocycles. The van der Waals surface area contributed by atoms with Gasteiger partial charge in [-0.25, -0.2) is 0 Å². The van der Waals surface area contributed by atoms with Gasteiger partial charge >= 0.3 is 0 Å². The molecule has 1 N–H and O–H groups in total. The standard InChI is InChI=1S/C16H15NO2S/c1-10-3-4-14(19-2)12(7-10)16(18)11-8-15-13(17-9-11)5-6-20-15/h3-9,16,18H,1-2H3. The van der Waals surface area contributed by atoms with Crippen molar-refractivity contribution in [3.8, 4) is 5.75 Å².